The van der Waals surface area contributed by atoms with E-state index in [0.717, 1.165) is 18.2 Å². The molecule has 4 rings (SSSR count). The number of rotatable bonds is 1. The first-order valence-electron chi connectivity index (χ1n) is 6.49. The molecule has 17 heavy (non-hydrogen) atoms. The van der Waals surface area contributed by atoms with Gasteiger partial charge in [-0.05, 0) is 43.9 Å². The minimum Gasteiger partial charge on any atom is -0.383 e. The van der Waals surface area contributed by atoms with E-state index in [4.69, 9.17) is 0 Å². The Labute approximate surface area is 101 Å². The number of hydrogen-bond acceptors (Lipinski definition) is 2. The summed E-state index contributed by atoms with van der Waals surface area (Å²) in [5.74, 6) is 0.762. The first kappa shape index (κ1) is 9.77. The summed E-state index contributed by atoms with van der Waals surface area (Å²) >= 11 is 0. The average molecular weight is 230 g/mol. The van der Waals surface area contributed by atoms with Crippen molar-refractivity contribution in [1.29, 1.82) is 0 Å². The number of aromatic nitrogens is 1. The standard InChI is InChI=1S/C14H18N2O/c1-8(2)16-7-9-6-14(9)10-3-4-15-13(10)11(17)5-12(14)16/h3-5,8-9,11,15,17H,6-7H2,1-2H3/t9-,11?,14?/m1/s1. The Kier molecular flexibility index (Phi) is 1.60. The molecule has 3 atom stereocenters. The van der Waals surface area contributed by atoms with Crippen LogP contribution in [0.1, 0.15) is 37.6 Å². The summed E-state index contributed by atoms with van der Waals surface area (Å²) in [7, 11) is 0. The van der Waals surface area contributed by atoms with Crippen LogP contribution in [0.15, 0.2) is 24.0 Å². The molecule has 1 saturated heterocycles. The number of nitrogens with zero attached hydrogens (tertiary/aromatic N) is 1. The van der Waals surface area contributed by atoms with Crippen LogP contribution in [-0.4, -0.2) is 27.6 Å². The van der Waals surface area contributed by atoms with E-state index in [2.05, 4.69) is 35.9 Å². The van der Waals surface area contributed by atoms with Gasteiger partial charge in [-0.15, -0.1) is 0 Å². The van der Waals surface area contributed by atoms with Crippen molar-refractivity contribution in [2.75, 3.05) is 6.54 Å². The third kappa shape index (κ3) is 0.974. The van der Waals surface area contributed by atoms with E-state index < -0.39 is 6.10 Å². The largest absolute Gasteiger partial charge is 0.383 e. The SMILES string of the molecule is CC(C)N1C[C@H]2CC23C1=CC(O)c1[nH]ccc13. The predicted octanol–water partition coefficient (Wildman–Crippen LogP) is 1.93. The van der Waals surface area contributed by atoms with E-state index in [1.165, 1.54) is 17.7 Å². The highest BCUT2D eigenvalue weighted by atomic mass is 16.3. The van der Waals surface area contributed by atoms with Gasteiger partial charge in [-0.2, -0.15) is 0 Å². The van der Waals surface area contributed by atoms with Crippen LogP contribution in [-0.2, 0) is 5.41 Å². The third-order valence-corrected chi connectivity index (χ3v) is 4.78. The molecule has 1 saturated carbocycles. The maximum absolute atomic E-state index is 10.2. The number of aromatic amines is 1. The topological polar surface area (TPSA) is 39.3 Å². The van der Waals surface area contributed by atoms with Gasteiger partial charge in [-0.1, -0.05) is 0 Å². The number of fused-ring (bicyclic) bond motifs is 1. The second kappa shape index (κ2) is 2.78. The molecule has 0 amide bonds. The summed E-state index contributed by atoms with van der Waals surface area (Å²) in [5, 5.41) is 10.2. The Balaban J connectivity index is 1.88. The summed E-state index contributed by atoms with van der Waals surface area (Å²) in [5.41, 5.74) is 3.98. The lowest BCUT2D eigenvalue weighted by Crippen LogP contribution is -2.32. The predicted molar refractivity (Wildman–Crippen MR) is 65.5 cm³/mol. The van der Waals surface area contributed by atoms with Crippen molar-refractivity contribution in [2.24, 2.45) is 5.92 Å². The number of aliphatic hydroxyl groups excluding tert-OH is 1. The zero-order valence-electron chi connectivity index (χ0n) is 10.3. The fourth-order valence-corrected chi connectivity index (χ4v) is 3.91. The van der Waals surface area contributed by atoms with Crippen LogP contribution in [0.5, 0.6) is 0 Å². The molecule has 0 aromatic carbocycles. The van der Waals surface area contributed by atoms with Gasteiger partial charge in [0.2, 0.25) is 0 Å². The number of allylic oxidation sites excluding steroid dienone is 1. The van der Waals surface area contributed by atoms with Crippen molar-refractivity contribution in [1.82, 2.24) is 9.88 Å². The molecule has 2 N–H and O–H groups in total. The van der Waals surface area contributed by atoms with Crippen molar-refractivity contribution < 1.29 is 5.11 Å². The monoisotopic (exact) mass is 230 g/mol. The zero-order valence-corrected chi connectivity index (χ0v) is 10.3. The van der Waals surface area contributed by atoms with Crippen molar-refractivity contribution in [3.05, 3.63) is 35.3 Å². The zero-order chi connectivity index (χ0) is 11.8. The molecule has 2 unspecified atom stereocenters. The van der Waals surface area contributed by atoms with Gasteiger partial charge in [0.05, 0.1) is 5.69 Å². The Bertz CT molecular complexity index is 516. The second-order valence-electron chi connectivity index (χ2n) is 5.92. The molecule has 0 bridgehead atoms. The molecule has 1 aliphatic heterocycles. The molecule has 3 heteroatoms. The van der Waals surface area contributed by atoms with Gasteiger partial charge in [0.25, 0.3) is 0 Å². The Morgan fingerprint density at radius 2 is 2.35 bits per heavy atom. The normalized spacial score (nSPS) is 37.6. The van der Waals surface area contributed by atoms with Gasteiger partial charge in [0.15, 0.2) is 0 Å². The summed E-state index contributed by atoms with van der Waals surface area (Å²) in [6.07, 6.45) is 4.83. The van der Waals surface area contributed by atoms with Gasteiger partial charge < -0.3 is 15.0 Å². The van der Waals surface area contributed by atoms with Crippen molar-refractivity contribution >= 4 is 0 Å². The number of likely N-dealkylation sites (tertiary alicyclic amines) is 1. The van der Waals surface area contributed by atoms with Crippen LogP contribution in [0.3, 0.4) is 0 Å². The highest BCUT2D eigenvalue weighted by molar-refractivity contribution is 5.54. The van der Waals surface area contributed by atoms with Crippen LogP contribution in [0.25, 0.3) is 0 Å². The van der Waals surface area contributed by atoms with Gasteiger partial charge >= 0.3 is 0 Å². The Morgan fingerprint density at radius 1 is 1.53 bits per heavy atom. The molecule has 3 nitrogen and oxygen atoms in total. The fraction of sp³-hybridized carbons (Fsp3) is 0.571. The van der Waals surface area contributed by atoms with Crippen LogP contribution in [0.2, 0.25) is 0 Å². The van der Waals surface area contributed by atoms with Gasteiger partial charge in [-0.3, -0.25) is 0 Å². The Hall–Kier alpha value is -1.22. The summed E-state index contributed by atoms with van der Waals surface area (Å²) in [6, 6.07) is 2.69. The van der Waals surface area contributed by atoms with E-state index in [0.29, 0.717) is 6.04 Å². The maximum Gasteiger partial charge on any atom is 0.114 e. The molecule has 0 radical (unpaired) electrons. The van der Waals surface area contributed by atoms with Gasteiger partial charge in [0.1, 0.15) is 6.10 Å². The first-order valence-corrected chi connectivity index (χ1v) is 6.49. The quantitative estimate of drug-likeness (QED) is 0.773. The number of piperidine rings is 1. The highest BCUT2D eigenvalue weighted by Crippen LogP contribution is 2.67. The molecular formula is C14H18N2O. The van der Waals surface area contributed by atoms with Crippen molar-refractivity contribution in [2.45, 2.75) is 37.8 Å². The van der Waals surface area contributed by atoms with Crippen molar-refractivity contribution in [3.8, 4) is 0 Å². The lowest BCUT2D eigenvalue weighted by Gasteiger charge is -2.34. The summed E-state index contributed by atoms with van der Waals surface area (Å²) < 4.78 is 0. The average Bonchev–Trinajstić information content (AvgIpc) is 2.71. The maximum atomic E-state index is 10.2. The molecule has 1 spiro atoms. The Morgan fingerprint density at radius 3 is 3.12 bits per heavy atom. The molecule has 1 aromatic heterocycles. The van der Waals surface area contributed by atoms with Gasteiger partial charge in [0, 0.05) is 29.9 Å². The van der Waals surface area contributed by atoms with Gasteiger partial charge in [-0.25, -0.2) is 0 Å². The fourth-order valence-electron chi connectivity index (χ4n) is 3.91. The molecule has 3 aliphatic rings. The molecule has 2 aliphatic carbocycles. The first-order chi connectivity index (χ1) is 8.14. The second-order valence-corrected chi connectivity index (χ2v) is 5.92. The van der Waals surface area contributed by atoms with Crippen LogP contribution in [0.4, 0.5) is 0 Å². The van der Waals surface area contributed by atoms with E-state index in [9.17, 15) is 5.11 Å². The minimum absolute atomic E-state index is 0.249. The van der Waals surface area contributed by atoms with E-state index in [1.54, 1.807) is 0 Å². The molecular weight excluding hydrogens is 212 g/mol. The minimum atomic E-state index is -0.457. The molecule has 1 aromatic rings. The van der Waals surface area contributed by atoms with E-state index >= 15 is 0 Å². The summed E-state index contributed by atoms with van der Waals surface area (Å²) in [6.45, 7) is 5.62. The molecule has 90 valence electrons. The molecule has 2 fully saturated rings. The number of aliphatic hydroxyl groups is 1. The lowest BCUT2D eigenvalue weighted by atomic mass is 9.85. The summed E-state index contributed by atoms with van der Waals surface area (Å²) in [4.78, 5) is 5.67. The number of nitrogens with one attached hydrogen (secondary N) is 1. The number of H-pyrrole nitrogens is 1. The van der Waals surface area contributed by atoms with Crippen LogP contribution < -0.4 is 0 Å². The highest BCUT2D eigenvalue weighted by Gasteiger charge is 2.66. The smallest absolute Gasteiger partial charge is 0.114 e. The van der Waals surface area contributed by atoms with Crippen molar-refractivity contribution in [3.63, 3.8) is 0 Å². The van der Waals surface area contributed by atoms with E-state index in [1.807, 2.05) is 6.20 Å². The van der Waals surface area contributed by atoms with Crippen LogP contribution >= 0.6 is 0 Å². The number of hydrogen-bond donors (Lipinski definition) is 2. The van der Waals surface area contributed by atoms with Crippen LogP contribution in [0, 0.1) is 5.92 Å². The third-order valence-electron chi connectivity index (χ3n) is 4.78. The lowest BCUT2D eigenvalue weighted by molar-refractivity contribution is 0.207. The molecule has 2 heterocycles. The van der Waals surface area contributed by atoms with E-state index in [-0.39, 0.29) is 5.41 Å².